The number of para-hydroxylation sites is 1. The Morgan fingerprint density at radius 1 is 1.10 bits per heavy atom. The van der Waals surface area contributed by atoms with Gasteiger partial charge in [0.15, 0.2) is 5.82 Å². The molecule has 4 aromatic rings. The highest BCUT2D eigenvalue weighted by molar-refractivity contribution is 5.89. The van der Waals surface area contributed by atoms with Crippen LogP contribution in [0.15, 0.2) is 53.8 Å². The topological polar surface area (TPSA) is 108 Å². The first-order valence-electron chi connectivity index (χ1n) is 9.11. The molecule has 9 heteroatoms. The standard InChI is InChI=1S/C20H19N7O2/c1-13-9-14(2)27(25-13)18-10-17(21-11-22-18)24-19(28)7-8-26-12-23-16-6-4-3-5-15(16)20(26)29/h3-6,9-12H,7-8H2,1-2H3,(H,21,22,24,28). The van der Waals surface area contributed by atoms with E-state index in [-0.39, 0.29) is 24.4 Å². The van der Waals surface area contributed by atoms with Crippen LogP contribution in [0.1, 0.15) is 17.8 Å². The summed E-state index contributed by atoms with van der Waals surface area (Å²) in [5.74, 6) is 0.676. The summed E-state index contributed by atoms with van der Waals surface area (Å²) in [6.07, 6.45) is 2.95. The molecule has 0 saturated heterocycles. The Morgan fingerprint density at radius 3 is 2.72 bits per heavy atom. The van der Waals surface area contributed by atoms with E-state index in [0.717, 1.165) is 11.4 Å². The van der Waals surface area contributed by atoms with Crippen LogP contribution in [0, 0.1) is 13.8 Å². The molecule has 29 heavy (non-hydrogen) atoms. The monoisotopic (exact) mass is 389 g/mol. The van der Waals surface area contributed by atoms with Crippen LogP contribution < -0.4 is 10.9 Å². The molecule has 0 unspecified atom stereocenters. The Bertz CT molecular complexity index is 1260. The van der Waals surface area contributed by atoms with E-state index >= 15 is 0 Å². The molecule has 3 heterocycles. The fraction of sp³-hybridized carbons (Fsp3) is 0.200. The summed E-state index contributed by atoms with van der Waals surface area (Å²) in [4.78, 5) is 37.4. The number of carbonyl (C=O) groups excluding carboxylic acids is 1. The molecule has 146 valence electrons. The molecule has 1 aromatic carbocycles. The molecule has 0 bridgehead atoms. The number of amides is 1. The summed E-state index contributed by atoms with van der Waals surface area (Å²) in [5, 5.41) is 7.65. The van der Waals surface area contributed by atoms with Crippen molar-refractivity contribution >= 4 is 22.6 Å². The van der Waals surface area contributed by atoms with Crippen LogP contribution in [0.5, 0.6) is 0 Å². The molecule has 4 rings (SSSR count). The van der Waals surface area contributed by atoms with Crippen LogP contribution in [-0.4, -0.2) is 35.2 Å². The number of rotatable bonds is 5. The molecule has 3 aromatic heterocycles. The van der Waals surface area contributed by atoms with Gasteiger partial charge < -0.3 is 5.32 Å². The lowest BCUT2D eigenvalue weighted by molar-refractivity contribution is -0.116. The summed E-state index contributed by atoms with van der Waals surface area (Å²) in [7, 11) is 0. The zero-order valence-corrected chi connectivity index (χ0v) is 16.0. The van der Waals surface area contributed by atoms with Crippen LogP contribution in [0.25, 0.3) is 16.7 Å². The Labute approximate surface area is 166 Å². The zero-order valence-electron chi connectivity index (χ0n) is 16.0. The molecule has 0 aliphatic heterocycles. The van der Waals surface area contributed by atoms with Gasteiger partial charge in [-0.1, -0.05) is 12.1 Å². The molecule has 0 saturated carbocycles. The Kier molecular flexibility index (Phi) is 4.86. The van der Waals surface area contributed by atoms with E-state index in [9.17, 15) is 9.59 Å². The van der Waals surface area contributed by atoms with E-state index in [4.69, 9.17) is 0 Å². The van der Waals surface area contributed by atoms with Crippen molar-refractivity contribution in [3.05, 3.63) is 70.8 Å². The lowest BCUT2D eigenvalue weighted by atomic mass is 10.2. The lowest BCUT2D eigenvalue weighted by Gasteiger charge is -2.08. The summed E-state index contributed by atoms with van der Waals surface area (Å²) >= 11 is 0. The molecule has 0 radical (unpaired) electrons. The van der Waals surface area contributed by atoms with Crippen LogP contribution in [-0.2, 0) is 11.3 Å². The summed E-state index contributed by atoms with van der Waals surface area (Å²) in [5.41, 5.74) is 2.27. The zero-order chi connectivity index (χ0) is 20.4. The number of aromatic nitrogens is 6. The smallest absolute Gasteiger partial charge is 0.261 e. The number of hydrogen-bond donors (Lipinski definition) is 1. The van der Waals surface area contributed by atoms with Gasteiger partial charge >= 0.3 is 0 Å². The van der Waals surface area contributed by atoms with E-state index in [1.54, 1.807) is 28.9 Å². The van der Waals surface area contributed by atoms with E-state index in [2.05, 4.69) is 25.4 Å². The summed E-state index contributed by atoms with van der Waals surface area (Å²) in [6, 6.07) is 10.7. The molecule has 0 fully saturated rings. The van der Waals surface area contributed by atoms with Crippen molar-refractivity contribution in [2.45, 2.75) is 26.8 Å². The third-order valence-corrected chi connectivity index (χ3v) is 4.46. The van der Waals surface area contributed by atoms with Crippen molar-refractivity contribution in [1.29, 1.82) is 0 Å². The predicted molar refractivity (Wildman–Crippen MR) is 108 cm³/mol. The molecule has 0 aliphatic carbocycles. The van der Waals surface area contributed by atoms with Gasteiger partial charge in [-0.3, -0.25) is 14.2 Å². The number of fused-ring (bicyclic) bond motifs is 1. The molecule has 9 nitrogen and oxygen atoms in total. The summed E-state index contributed by atoms with van der Waals surface area (Å²) in [6.45, 7) is 4.05. The molecule has 0 atom stereocenters. The fourth-order valence-corrected chi connectivity index (χ4v) is 3.08. The largest absolute Gasteiger partial charge is 0.310 e. The number of nitrogens with one attached hydrogen (secondary N) is 1. The minimum absolute atomic E-state index is 0.110. The molecular weight excluding hydrogens is 370 g/mol. The van der Waals surface area contributed by atoms with Gasteiger partial charge in [-0.25, -0.2) is 19.6 Å². The van der Waals surface area contributed by atoms with Crippen molar-refractivity contribution in [3.8, 4) is 5.82 Å². The Morgan fingerprint density at radius 2 is 1.93 bits per heavy atom. The van der Waals surface area contributed by atoms with Crippen LogP contribution in [0.3, 0.4) is 0 Å². The average molecular weight is 389 g/mol. The van der Waals surface area contributed by atoms with Crippen LogP contribution in [0.2, 0.25) is 0 Å². The fourth-order valence-electron chi connectivity index (χ4n) is 3.08. The van der Waals surface area contributed by atoms with Crippen molar-refractivity contribution < 1.29 is 4.79 Å². The number of carbonyl (C=O) groups is 1. The second-order valence-corrected chi connectivity index (χ2v) is 6.66. The quantitative estimate of drug-likeness (QED) is 0.559. The van der Waals surface area contributed by atoms with Crippen LogP contribution in [0.4, 0.5) is 5.82 Å². The van der Waals surface area contributed by atoms with Gasteiger partial charge in [0.05, 0.1) is 22.9 Å². The second kappa shape index (κ2) is 7.63. The number of nitrogens with zero attached hydrogens (tertiary/aromatic N) is 6. The van der Waals surface area contributed by atoms with Crippen molar-refractivity contribution in [2.24, 2.45) is 0 Å². The average Bonchev–Trinajstić information content (AvgIpc) is 3.06. The maximum absolute atomic E-state index is 12.5. The number of anilines is 1. The first-order chi connectivity index (χ1) is 14.0. The van der Waals surface area contributed by atoms with Gasteiger partial charge in [-0.15, -0.1) is 0 Å². The molecule has 1 amide bonds. The van der Waals surface area contributed by atoms with E-state index < -0.39 is 0 Å². The summed E-state index contributed by atoms with van der Waals surface area (Å²) < 4.78 is 3.12. The number of aryl methyl sites for hydroxylation is 3. The van der Waals surface area contributed by atoms with Crippen molar-refractivity contribution in [1.82, 2.24) is 29.3 Å². The van der Waals surface area contributed by atoms with E-state index in [0.29, 0.717) is 22.5 Å². The van der Waals surface area contributed by atoms with Gasteiger partial charge in [0.2, 0.25) is 5.91 Å². The molecule has 0 aliphatic rings. The maximum atomic E-state index is 12.5. The normalized spacial score (nSPS) is 11.0. The van der Waals surface area contributed by atoms with Gasteiger partial charge in [-0.05, 0) is 32.0 Å². The molecular formula is C20H19N7O2. The highest BCUT2D eigenvalue weighted by Crippen LogP contribution is 2.12. The highest BCUT2D eigenvalue weighted by atomic mass is 16.2. The van der Waals surface area contributed by atoms with E-state index in [1.165, 1.54) is 17.2 Å². The first-order valence-corrected chi connectivity index (χ1v) is 9.11. The first kappa shape index (κ1) is 18.5. The van der Waals surface area contributed by atoms with Gasteiger partial charge in [0.1, 0.15) is 12.1 Å². The third-order valence-electron chi connectivity index (χ3n) is 4.46. The van der Waals surface area contributed by atoms with E-state index in [1.807, 2.05) is 26.0 Å². The van der Waals surface area contributed by atoms with Crippen molar-refractivity contribution in [2.75, 3.05) is 5.32 Å². The SMILES string of the molecule is Cc1cc(C)n(-c2cc(NC(=O)CCn3cnc4ccccc4c3=O)ncn2)n1. The predicted octanol–water partition coefficient (Wildman–Crippen LogP) is 2.02. The van der Waals surface area contributed by atoms with Gasteiger partial charge in [-0.2, -0.15) is 5.10 Å². The lowest BCUT2D eigenvalue weighted by Crippen LogP contribution is -2.23. The highest BCUT2D eigenvalue weighted by Gasteiger charge is 2.10. The number of hydrogen-bond acceptors (Lipinski definition) is 6. The Balaban J connectivity index is 1.45. The number of benzene rings is 1. The van der Waals surface area contributed by atoms with Gasteiger partial charge in [0, 0.05) is 24.7 Å². The molecule has 0 spiro atoms. The van der Waals surface area contributed by atoms with Crippen molar-refractivity contribution in [3.63, 3.8) is 0 Å². The third kappa shape index (κ3) is 3.88. The minimum Gasteiger partial charge on any atom is -0.310 e. The minimum atomic E-state index is -0.261. The maximum Gasteiger partial charge on any atom is 0.261 e. The second-order valence-electron chi connectivity index (χ2n) is 6.66. The van der Waals surface area contributed by atoms with Crippen LogP contribution >= 0.6 is 0 Å². The Hall–Kier alpha value is -3.88. The molecule has 1 N–H and O–H groups in total. The van der Waals surface area contributed by atoms with Gasteiger partial charge in [0.25, 0.3) is 5.56 Å².